The molecule has 0 spiro atoms. The standard InChI is InChI=1S/C35H30N2O4S3/c1-36(23-42-27-11-5-3-6-12-27)25-17-19-29-32(21-25)41-33-22-26(37(2)24-43-28-13-7-4-8-14-28)18-20-30(33)35(29)31-15-9-10-16-34(31)44(38,39)40/h3-22H,23-24H2,1-2H3. The van der Waals surface area contributed by atoms with Gasteiger partial charge in [-0.3, -0.25) is 0 Å². The molecule has 6 nitrogen and oxygen atoms in total. The average Bonchev–Trinajstić information content (AvgIpc) is 3.05. The van der Waals surface area contributed by atoms with E-state index in [2.05, 4.69) is 33.7 Å². The topological polar surface area (TPSA) is 76.6 Å². The van der Waals surface area contributed by atoms with Crippen LogP contribution in [0, 0.1) is 0 Å². The third-order valence-electron chi connectivity index (χ3n) is 7.33. The molecule has 0 fully saturated rings. The maximum absolute atomic E-state index is 12.4. The van der Waals surface area contributed by atoms with Crippen molar-refractivity contribution in [2.75, 3.05) is 30.7 Å². The first-order valence-corrected chi connectivity index (χ1v) is 17.3. The van der Waals surface area contributed by atoms with Crippen LogP contribution in [0.3, 0.4) is 0 Å². The van der Waals surface area contributed by atoms with Gasteiger partial charge in [-0.1, -0.05) is 66.4 Å². The van der Waals surface area contributed by atoms with Gasteiger partial charge in [-0.05, 0) is 48.5 Å². The van der Waals surface area contributed by atoms with Gasteiger partial charge in [-0.2, -0.15) is 0 Å². The Labute approximate surface area is 265 Å². The van der Waals surface area contributed by atoms with E-state index in [9.17, 15) is 13.0 Å². The molecule has 0 atom stereocenters. The van der Waals surface area contributed by atoms with E-state index >= 15 is 0 Å². The molecule has 1 aliphatic carbocycles. The van der Waals surface area contributed by atoms with Gasteiger partial charge in [-0.25, -0.2) is 13.0 Å². The van der Waals surface area contributed by atoms with E-state index in [0.29, 0.717) is 22.5 Å². The van der Waals surface area contributed by atoms with Gasteiger partial charge in [0.1, 0.15) is 28.5 Å². The van der Waals surface area contributed by atoms with E-state index < -0.39 is 10.1 Å². The fourth-order valence-electron chi connectivity index (χ4n) is 5.05. The van der Waals surface area contributed by atoms with Gasteiger partial charge >= 0.3 is 0 Å². The highest BCUT2D eigenvalue weighted by atomic mass is 32.2. The summed E-state index contributed by atoms with van der Waals surface area (Å²) < 4.78 is 45.8. The molecular weight excluding hydrogens is 609 g/mol. The van der Waals surface area contributed by atoms with Crippen LogP contribution in [0.15, 0.2) is 140 Å². The Morgan fingerprint density at radius 2 is 1.43 bits per heavy atom. The Morgan fingerprint density at radius 3 is 2.14 bits per heavy atom. The zero-order chi connectivity index (χ0) is 30.7. The van der Waals surface area contributed by atoms with Gasteiger partial charge in [0.15, 0.2) is 5.88 Å². The van der Waals surface area contributed by atoms with Crippen LogP contribution in [0.1, 0.15) is 0 Å². The summed E-state index contributed by atoms with van der Waals surface area (Å²) in [6.07, 6.45) is 0. The van der Waals surface area contributed by atoms with Crippen molar-refractivity contribution in [2.45, 2.75) is 14.7 Å². The Bertz CT molecular complexity index is 2080. The van der Waals surface area contributed by atoms with Crippen LogP contribution in [0.5, 0.6) is 0 Å². The number of rotatable bonds is 9. The molecule has 6 rings (SSSR count). The van der Waals surface area contributed by atoms with E-state index in [1.54, 1.807) is 41.7 Å². The highest BCUT2D eigenvalue weighted by Crippen LogP contribution is 2.43. The molecule has 0 N–H and O–H groups in total. The third-order valence-corrected chi connectivity index (χ3v) is 10.5. The summed E-state index contributed by atoms with van der Waals surface area (Å²) in [5.74, 6) is 2.04. The second-order valence-electron chi connectivity index (χ2n) is 10.4. The van der Waals surface area contributed by atoms with Gasteiger partial charge in [0.25, 0.3) is 0 Å². The van der Waals surface area contributed by atoms with E-state index in [4.69, 9.17) is 4.42 Å². The lowest BCUT2D eigenvalue weighted by Crippen LogP contribution is -2.25. The van der Waals surface area contributed by atoms with Gasteiger partial charge in [-0.15, -0.1) is 11.8 Å². The Hall–Kier alpha value is -4.02. The summed E-state index contributed by atoms with van der Waals surface area (Å²) in [5, 5.41) is 1.68. The SMILES string of the molecule is CN(CSc1ccccc1)c1ccc2c(-c3ccccc3S(=O)(=O)[O-])c3cc/c(=[N+](\C)CSc4ccccc4)cc-3oc2c1. The molecule has 0 bridgehead atoms. The zero-order valence-corrected chi connectivity index (χ0v) is 26.7. The molecular formula is C35H30N2O4S3. The van der Waals surface area contributed by atoms with Crippen molar-refractivity contribution in [3.05, 3.63) is 127 Å². The fraction of sp³-hybridized carbons (Fsp3) is 0.114. The predicted octanol–water partition coefficient (Wildman–Crippen LogP) is 7.45. The third kappa shape index (κ3) is 6.56. The minimum Gasteiger partial charge on any atom is -0.744 e. The van der Waals surface area contributed by atoms with Crippen molar-refractivity contribution in [1.82, 2.24) is 4.58 Å². The van der Waals surface area contributed by atoms with Crippen molar-refractivity contribution in [2.24, 2.45) is 0 Å². The molecule has 1 heterocycles. The molecule has 0 saturated heterocycles. The molecule has 0 radical (unpaired) electrons. The zero-order valence-electron chi connectivity index (χ0n) is 24.2. The molecule has 44 heavy (non-hydrogen) atoms. The number of hydrogen-bond acceptors (Lipinski definition) is 7. The van der Waals surface area contributed by atoms with Crippen LogP contribution in [0.4, 0.5) is 5.69 Å². The molecule has 0 amide bonds. The molecule has 2 aliphatic rings. The minimum atomic E-state index is -4.73. The van der Waals surface area contributed by atoms with Crippen molar-refractivity contribution < 1.29 is 17.4 Å². The van der Waals surface area contributed by atoms with E-state index in [-0.39, 0.29) is 4.90 Å². The van der Waals surface area contributed by atoms with Crippen LogP contribution in [-0.4, -0.2) is 38.8 Å². The number of fused-ring (bicyclic) bond motifs is 2. The summed E-state index contributed by atoms with van der Waals surface area (Å²) in [7, 11) is -0.685. The van der Waals surface area contributed by atoms with Crippen LogP contribution in [0.25, 0.3) is 33.4 Å². The van der Waals surface area contributed by atoms with Crippen molar-refractivity contribution in [3.8, 4) is 22.5 Å². The van der Waals surface area contributed by atoms with Crippen LogP contribution >= 0.6 is 23.5 Å². The molecule has 0 aromatic heterocycles. The number of nitrogens with zero attached hydrogens (tertiary/aromatic N) is 2. The molecule has 1 aliphatic heterocycles. The first-order chi connectivity index (χ1) is 21.3. The lowest BCUT2D eigenvalue weighted by atomic mass is 9.93. The normalized spacial score (nSPS) is 12.4. The lowest BCUT2D eigenvalue weighted by molar-refractivity contribution is 0.463. The van der Waals surface area contributed by atoms with E-state index in [1.807, 2.05) is 86.9 Å². The molecule has 222 valence electrons. The smallest absolute Gasteiger partial charge is 0.204 e. The van der Waals surface area contributed by atoms with E-state index in [0.717, 1.165) is 33.7 Å². The van der Waals surface area contributed by atoms with E-state index in [1.165, 1.54) is 15.9 Å². The Kier molecular flexibility index (Phi) is 8.81. The van der Waals surface area contributed by atoms with Crippen LogP contribution in [-0.2, 0) is 10.1 Å². The van der Waals surface area contributed by atoms with Crippen molar-refractivity contribution >= 4 is 50.3 Å². The van der Waals surface area contributed by atoms with Crippen LogP contribution < -0.4 is 14.8 Å². The van der Waals surface area contributed by atoms with Gasteiger partial charge in [0, 0.05) is 56.7 Å². The monoisotopic (exact) mass is 638 g/mol. The predicted molar refractivity (Wildman–Crippen MR) is 180 cm³/mol. The quantitative estimate of drug-likeness (QED) is 0.0535. The Balaban J connectivity index is 1.48. The van der Waals surface area contributed by atoms with Gasteiger partial charge in [0.2, 0.25) is 5.36 Å². The van der Waals surface area contributed by atoms with Crippen LogP contribution in [0.2, 0.25) is 0 Å². The number of hydrogen-bond donors (Lipinski definition) is 0. The minimum absolute atomic E-state index is 0.255. The summed E-state index contributed by atoms with van der Waals surface area (Å²) in [4.78, 5) is 4.23. The first-order valence-electron chi connectivity index (χ1n) is 13.9. The van der Waals surface area contributed by atoms with Gasteiger partial charge in [0.05, 0.1) is 16.8 Å². The molecule has 0 unspecified atom stereocenters. The molecule has 0 saturated carbocycles. The summed E-state index contributed by atoms with van der Waals surface area (Å²) in [6.45, 7) is 0. The second-order valence-corrected chi connectivity index (χ2v) is 13.7. The van der Waals surface area contributed by atoms with Gasteiger partial charge < -0.3 is 13.9 Å². The second kappa shape index (κ2) is 12.9. The molecule has 4 aromatic carbocycles. The Morgan fingerprint density at radius 1 is 0.773 bits per heavy atom. The van der Waals surface area contributed by atoms with Crippen molar-refractivity contribution in [3.63, 3.8) is 0 Å². The summed E-state index contributed by atoms with van der Waals surface area (Å²) >= 11 is 3.46. The summed E-state index contributed by atoms with van der Waals surface area (Å²) in [6, 6.07) is 38.6. The first kappa shape index (κ1) is 30.0. The maximum atomic E-state index is 12.4. The molecule has 9 heteroatoms. The number of benzene rings is 5. The maximum Gasteiger partial charge on any atom is 0.204 e. The number of anilines is 1. The number of thioether (sulfide) groups is 2. The average molecular weight is 639 g/mol. The largest absolute Gasteiger partial charge is 0.744 e. The highest BCUT2D eigenvalue weighted by Gasteiger charge is 2.22. The molecule has 4 aromatic rings. The summed E-state index contributed by atoms with van der Waals surface area (Å²) in [5.41, 5.74) is 3.28. The fourth-order valence-corrected chi connectivity index (χ4v) is 7.42. The highest BCUT2D eigenvalue weighted by molar-refractivity contribution is 7.99. The van der Waals surface area contributed by atoms with Crippen molar-refractivity contribution in [1.29, 1.82) is 0 Å². The lowest BCUT2D eigenvalue weighted by Gasteiger charge is -2.22.